The summed E-state index contributed by atoms with van der Waals surface area (Å²) in [6, 6.07) is 4.78. The van der Waals surface area contributed by atoms with Crippen LogP contribution < -0.4 is 5.32 Å². The summed E-state index contributed by atoms with van der Waals surface area (Å²) in [5.74, 6) is -1.59. The molecule has 2 unspecified atom stereocenters. The van der Waals surface area contributed by atoms with Crippen molar-refractivity contribution in [3.63, 3.8) is 0 Å². The lowest BCUT2D eigenvalue weighted by Crippen LogP contribution is -2.45. The first-order chi connectivity index (χ1) is 9.49. The van der Waals surface area contributed by atoms with Crippen molar-refractivity contribution in [2.75, 3.05) is 0 Å². The van der Waals surface area contributed by atoms with Gasteiger partial charge in [-0.05, 0) is 53.6 Å². The van der Waals surface area contributed by atoms with E-state index in [0.29, 0.717) is 23.4 Å². The molecule has 2 rings (SSSR count). The molecule has 1 amide bonds. The molecule has 0 heterocycles. The Bertz CT molecular complexity index is 535. The van der Waals surface area contributed by atoms with E-state index >= 15 is 0 Å². The number of amides is 1. The Morgan fingerprint density at radius 2 is 2.00 bits per heavy atom. The minimum Gasteiger partial charge on any atom is -0.481 e. The van der Waals surface area contributed by atoms with Gasteiger partial charge in [0.05, 0.1) is 10.9 Å². The summed E-state index contributed by atoms with van der Waals surface area (Å²) in [6.07, 6.45) is 3.18. The number of carboxylic acids is 1. The fourth-order valence-electron chi connectivity index (χ4n) is 2.49. The van der Waals surface area contributed by atoms with Gasteiger partial charge < -0.3 is 10.4 Å². The largest absolute Gasteiger partial charge is 0.481 e. The lowest BCUT2D eigenvalue weighted by molar-refractivity contribution is -0.143. The molecule has 1 fully saturated rings. The summed E-state index contributed by atoms with van der Waals surface area (Å²) in [5, 5.41) is 12.6. The molecule has 1 aliphatic carbocycles. The number of carbonyl (C=O) groups excluding carboxylic acids is 1. The molecule has 1 aromatic rings. The maximum atomic E-state index is 12.2. The van der Waals surface area contributed by atoms with Crippen molar-refractivity contribution in [3.8, 4) is 0 Å². The van der Waals surface area contributed by atoms with E-state index in [2.05, 4.69) is 27.9 Å². The lowest BCUT2D eigenvalue weighted by Gasteiger charge is -2.29. The molecule has 0 spiro atoms. The van der Waals surface area contributed by atoms with E-state index in [1.165, 1.54) is 0 Å². The van der Waals surface area contributed by atoms with Crippen LogP contribution in [0.5, 0.6) is 0 Å². The van der Waals surface area contributed by atoms with E-state index in [1.54, 1.807) is 18.2 Å². The van der Waals surface area contributed by atoms with Gasteiger partial charge in [0.15, 0.2) is 0 Å². The standard InChI is InChI=1S/C14H15ClINO3/c15-10-7-8(5-6-11(10)16)13(18)17-12-4-2-1-3-9(12)14(19)20/h5-7,9,12H,1-4H2,(H,17,18)(H,19,20). The highest BCUT2D eigenvalue weighted by atomic mass is 127. The molecule has 0 bridgehead atoms. The van der Waals surface area contributed by atoms with Crippen molar-refractivity contribution in [1.82, 2.24) is 5.32 Å². The number of rotatable bonds is 3. The van der Waals surface area contributed by atoms with Crippen LogP contribution in [0.3, 0.4) is 0 Å². The number of carboxylic acid groups (broad SMARTS) is 1. The topological polar surface area (TPSA) is 66.4 Å². The van der Waals surface area contributed by atoms with Crippen LogP contribution in [0.25, 0.3) is 0 Å². The molecule has 108 valence electrons. The van der Waals surface area contributed by atoms with Crippen LogP contribution in [-0.2, 0) is 4.79 Å². The van der Waals surface area contributed by atoms with E-state index in [0.717, 1.165) is 16.4 Å². The Hall–Kier alpha value is -0.820. The quantitative estimate of drug-likeness (QED) is 0.756. The fraction of sp³-hybridized carbons (Fsp3) is 0.429. The second-order valence-corrected chi connectivity index (χ2v) is 6.51. The van der Waals surface area contributed by atoms with Crippen LogP contribution in [-0.4, -0.2) is 23.0 Å². The Labute approximate surface area is 136 Å². The third kappa shape index (κ3) is 3.63. The van der Waals surface area contributed by atoms with Crippen LogP contribution in [0, 0.1) is 9.49 Å². The summed E-state index contributed by atoms with van der Waals surface area (Å²) in [4.78, 5) is 23.4. The highest BCUT2D eigenvalue weighted by molar-refractivity contribution is 14.1. The first kappa shape index (κ1) is 15.6. The Balaban J connectivity index is 2.09. The third-order valence-corrected chi connectivity index (χ3v) is 5.15. The molecule has 1 saturated carbocycles. The average Bonchev–Trinajstić information content (AvgIpc) is 2.42. The second kappa shape index (κ2) is 6.76. The molecule has 0 radical (unpaired) electrons. The number of benzene rings is 1. The van der Waals surface area contributed by atoms with Crippen molar-refractivity contribution in [3.05, 3.63) is 32.4 Å². The van der Waals surface area contributed by atoms with Crippen LogP contribution in [0.2, 0.25) is 5.02 Å². The van der Waals surface area contributed by atoms with Crippen molar-refractivity contribution in [1.29, 1.82) is 0 Å². The summed E-state index contributed by atoms with van der Waals surface area (Å²) >= 11 is 8.09. The highest BCUT2D eigenvalue weighted by Crippen LogP contribution is 2.25. The van der Waals surface area contributed by atoms with Crippen molar-refractivity contribution in [2.24, 2.45) is 5.92 Å². The molecule has 0 saturated heterocycles. The molecule has 4 nitrogen and oxygen atoms in total. The molecule has 2 atom stereocenters. The molecule has 1 aromatic carbocycles. The van der Waals surface area contributed by atoms with Gasteiger partial charge >= 0.3 is 5.97 Å². The minimum absolute atomic E-state index is 0.263. The normalized spacial score (nSPS) is 22.3. The zero-order valence-corrected chi connectivity index (χ0v) is 13.6. The number of hydrogen-bond acceptors (Lipinski definition) is 2. The fourth-order valence-corrected chi connectivity index (χ4v) is 3.00. The summed E-state index contributed by atoms with van der Waals surface area (Å²) < 4.78 is 0.877. The SMILES string of the molecule is O=C(NC1CCCCC1C(=O)O)c1ccc(I)c(Cl)c1. The van der Waals surface area contributed by atoms with Gasteiger partial charge in [-0.2, -0.15) is 0 Å². The lowest BCUT2D eigenvalue weighted by atomic mass is 9.84. The van der Waals surface area contributed by atoms with Gasteiger partial charge in [0, 0.05) is 15.2 Å². The van der Waals surface area contributed by atoms with E-state index in [1.807, 2.05) is 0 Å². The molecular formula is C14H15ClINO3. The molecule has 20 heavy (non-hydrogen) atoms. The number of nitrogens with one attached hydrogen (secondary N) is 1. The van der Waals surface area contributed by atoms with Crippen molar-refractivity contribution in [2.45, 2.75) is 31.7 Å². The van der Waals surface area contributed by atoms with Crippen LogP contribution in [0.4, 0.5) is 0 Å². The zero-order chi connectivity index (χ0) is 14.7. The van der Waals surface area contributed by atoms with Gasteiger partial charge in [-0.15, -0.1) is 0 Å². The molecule has 1 aliphatic rings. The summed E-state index contributed by atoms with van der Waals surface area (Å²) in [5.41, 5.74) is 0.463. The van der Waals surface area contributed by atoms with E-state index in [-0.39, 0.29) is 11.9 Å². The number of halogens is 2. The number of hydrogen-bond donors (Lipinski definition) is 2. The van der Waals surface area contributed by atoms with Gasteiger partial charge in [-0.3, -0.25) is 9.59 Å². The second-order valence-electron chi connectivity index (χ2n) is 4.94. The smallest absolute Gasteiger partial charge is 0.308 e. The molecule has 0 aromatic heterocycles. The average molecular weight is 408 g/mol. The zero-order valence-electron chi connectivity index (χ0n) is 10.7. The molecule has 6 heteroatoms. The number of carbonyl (C=O) groups is 2. The monoisotopic (exact) mass is 407 g/mol. The summed E-state index contributed by atoms with van der Waals surface area (Å²) in [6.45, 7) is 0. The van der Waals surface area contributed by atoms with Gasteiger partial charge in [-0.25, -0.2) is 0 Å². The van der Waals surface area contributed by atoms with Crippen LogP contribution in [0.1, 0.15) is 36.0 Å². The first-order valence-corrected chi connectivity index (χ1v) is 7.93. The minimum atomic E-state index is -0.837. The molecule has 0 aliphatic heterocycles. The van der Waals surface area contributed by atoms with Gasteiger partial charge in [0.1, 0.15) is 0 Å². The van der Waals surface area contributed by atoms with Gasteiger partial charge in [0.25, 0.3) is 5.91 Å². The predicted molar refractivity (Wildman–Crippen MR) is 85.0 cm³/mol. The van der Waals surface area contributed by atoms with Gasteiger partial charge in [-0.1, -0.05) is 24.4 Å². The van der Waals surface area contributed by atoms with E-state index in [4.69, 9.17) is 11.6 Å². The third-order valence-electron chi connectivity index (χ3n) is 3.58. The van der Waals surface area contributed by atoms with Crippen LogP contribution >= 0.6 is 34.2 Å². The Kier molecular flexibility index (Phi) is 5.26. The maximum Gasteiger partial charge on any atom is 0.308 e. The van der Waals surface area contributed by atoms with Gasteiger partial charge in [0.2, 0.25) is 0 Å². The highest BCUT2D eigenvalue weighted by Gasteiger charge is 2.31. The Morgan fingerprint density at radius 1 is 1.30 bits per heavy atom. The maximum absolute atomic E-state index is 12.2. The van der Waals surface area contributed by atoms with E-state index < -0.39 is 11.9 Å². The van der Waals surface area contributed by atoms with Crippen molar-refractivity contribution < 1.29 is 14.7 Å². The van der Waals surface area contributed by atoms with Crippen LogP contribution in [0.15, 0.2) is 18.2 Å². The Morgan fingerprint density at radius 3 is 2.65 bits per heavy atom. The predicted octanol–water partition coefficient (Wildman–Crippen LogP) is 3.32. The first-order valence-electron chi connectivity index (χ1n) is 6.48. The molecule has 2 N–H and O–H groups in total. The number of aliphatic carboxylic acids is 1. The summed E-state index contributed by atoms with van der Waals surface area (Å²) in [7, 11) is 0. The molecular weight excluding hydrogens is 393 g/mol. The van der Waals surface area contributed by atoms with E-state index in [9.17, 15) is 14.7 Å². The van der Waals surface area contributed by atoms with Crippen molar-refractivity contribution >= 4 is 46.1 Å².